The minimum absolute atomic E-state index is 0.0435. The van der Waals surface area contributed by atoms with Gasteiger partial charge in [0.1, 0.15) is 0 Å². The summed E-state index contributed by atoms with van der Waals surface area (Å²) in [6, 6.07) is 0. The minimum atomic E-state index is -4.07. The van der Waals surface area contributed by atoms with Gasteiger partial charge in [-0.2, -0.15) is 4.65 Å². The molecule has 0 radical (unpaired) electrons. The highest BCUT2D eigenvalue weighted by molar-refractivity contribution is 7.47. The number of esters is 1. The van der Waals surface area contributed by atoms with Gasteiger partial charge in [0, 0.05) is 12.5 Å². The largest absolute Gasteiger partial charge is 0.518 e. The number of carbonyl (C=O) groups is 1. The Morgan fingerprint density at radius 3 is 2.47 bits per heavy atom. The first-order valence-corrected chi connectivity index (χ1v) is 6.45. The molecular formula is C9H19NO6P+. The first kappa shape index (κ1) is 16.3. The molecule has 1 unspecified atom stereocenters. The van der Waals surface area contributed by atoms with Crippen molar-refractivity contribution in [1.29, 1.82) is 0 Å². The molecule has 1 atom stereocenters. The van der Waals surface area contributed by atoms with Crippen LogP contribution in [-0.2, 0) is 23.2 Å². The van der Waals surface area contributed by atoms with Crippen molar-refractivity contribution in [2.24, 2.45) is 0 Å². The second kappa shape index (κ2) is 6.88. The molecule has 8 heteroatoms. The number of hydroxylamine groups is 3. The Balaban J connectivity index is 3.77. The maximum absolute atomic E-state index is 11.4. The van der Waals surface area contributed by atoms with Gasteiger partial charge in [0.05, 0.1) is 34.4 Å². The van der Waals surface area contributed by atoms with Crippen molar-refractivity contribution in [2.45, 2.75) is 6.42 Å². The maximum atomic E-state index is 11.4. The lowest BCUT2D eigenvalue weighted by Gasteiger charge is -2.22. The summed E-state index contributed by atoms with van der Waals surface area (Å²) in [5, 5.41) is 0. The third-order valence-electron chi connectivity index (χ3n) is 1.30. The molecule has 0 saturated heterocycles. The summed E-state index contributed by atoms with van der Waals surface area (Å²) in [5.41, 5.74) is 0. The number of hydrogen-bond acceptors (Lipinski definition) is 5. The van der Waals surface area contributed by atoms with Gasteiger partial charge in [0.25, 0.3) is 0 Å². The first-order valence-electron chi connectivity index (χ1n) is 4.95. The molecule has 7 nitrogen and oxygen atoms in total. The Morgan fingerprint density at radius 2 is 2.00 bits per heavy atom. The molecular weight excluding hydrogens is 249 g/mol. The first-order chi connectivity index (χ1) is 7.66. The number of rotatable bonds is 8. The summed E-state index contributed by atoms with van der Waals surface area (Å²) in [6.07, 6.45) is 1.34. The van der Waals surface area contributed by atoms with Crippen LogP contribution in [0.15, 0.2) is 12.7 Å². The van der Waals surface area contributed by atoms with Crippen LogP contribution in [0.3, 0.4) is 0 Å². The highest BCUT2D eigenvalue weighted by atomic mass is 31.2. The van der Waals surface area contributed by atoms with Gasteiger partial charge in [0.2, 0.25) is 0 Å². The maximum Gasteiger partial charge on any atom is 0.518 e. The fraction of sp³-hybridized carbons (Fsp3) is 0.667. The van der Waals surface area contributed by atoms with E-state index in [1.807, 2.05) is 0 Å². The Labute approximate surface area is 101 Å². The molecule has 1 N–H and O–H groups in total. The standard InChI is InChI=1S/C9H18NO6P/c1-5-9(11)14-7-6-8-15-17(12,13)16-10(2,3)4/h5H,1,6-8H2,2-4H3/p+1. The molecule has 0 bridgehead atoms. The van der Waals surface area contributed by atoms with E-state index in [0.717, 1.165) is 6.08 Å². The van der Waals surface area contributed by atoms with Crippen molar-refractivity contribution in [3.63, 3.8) is 0 Å². The molecule has 0 spiro atoms. The zero-order chi connectivity index (χ0) is 13.5. The van der Waals surface area contributed by atoms with Crippen molar-refractivity contribution in [1.82, 2.24) is 0 Å². The lowest BCUT2D eigenvalue weighted by Crippen LogP contribution is -2.33. The van der Waals surface area contributed by atoms with Crippen LogP contribution in [0.1, 0.15) is 6.42 Å². The van der Waals surface area contributed by atoms with Crippen LogP contribution in [0.5, 0.6) is 0 Å². The average molecular weight is 268 g/mol. The zero-order valence-electron chi connectivity index (χ0n) is 10.3. The van der Waals surface area contributed by atoms with Crippen LogP contribution in [0, 0.1) is 0 Å². The summed E-state index contributed by atoms with van der Waals surface area (Å²) >= 11 is 0. The van der Waals surface area contributed by atoms with E-state index in [1.54, 1.807) is 21.1 Å². The summed E-state index contributed by atoms with van der Waals surface area (Å²) in [4.78, 5) is 19.9. The van der Waals surface area contributed by atoms with E-state index in [1.165, 1.54) is 0 Å². The average Bonchev–Trinajstić information content (AvgIpc) is 2.12. The van der Waals surface area contributed by atoms with E-state index < -0.39 is 13.8 Å². The number of phosphoric ester groups is 1. The van der Waals surface area contributed by atoms with E-state index in [9.17, 15) is 14.3 Å². The second-order valence-electron chi connectivity index (χ2n) is 4.00. The lowest BCUT2D eigenvalue weighted by atomic mass is 10.5. The number of quaternary nitrogens is 1. The van der Waals surface area contributed by atoms with Gasteiger partial charge in [-0.1, -0.05) is 11.2 Å². The smallest absolute Gasteiger partial charge is 0.462 e. The van der Waals surface area contributed by atoms with E-state index in [-0.39, 0.29) is 17.9 Å². The fourth-order valence-electron chi connectivity index (χ4n) is 0.804. The van der Waals surface area contributed by atoms with Crippen molar-refractivity contribution < 1.29 is 32.8 Å². The third kappa shape index (κ3) is 10.2. The molecule has 0 aromatic carbocycles. The van der Waals surface area contributed by atoms with Crippen molar-refractivity contribution in [3.8, 4) is 0 Å². The zero-order valence-corrected chi connectivity index (χ0v) is 11.2. The van der Waals surface area contributed by atoms with Gasteiger partial charge in [-0.05, 0) is 0 Å². The van der Waals surface area contributed by atoms with Crippen molar-refractivity contribution in [3.05, 3.63) is 12.7 Å². The Morgan fingerprint density at radius 1 is 1.41 bits per heavy atom. The van der Waals surface area contributed by atoms with Gasteiger partial charge in [-0.15, -0.1) is 0 Å². The molecule has 100 valence electrons. The number of hydrogen-bond donors (Lipinski definition) is 1. The molecule has 17 heavy (non-hydrogen) atoms. The van der Waals surface area contributed by atoms with Crippen LogP contribution in [-0.4, -0.2) is 49.9 Å². The van der Waals surface area contributed by atoms with Crippen LogP contribution in [0.4, 0.5) is 0 Å². The normalized spacial score (nSPS) is 15.1. The van der Waals surface area contributed by atoms with E-state index in [0.29, 0.717) is 6.42 Å². The molecule has 0 heterocycles. The Hall–Kier alpha value is -0.720. The Kier molecular flexibility index (Phi) is 6.59. The van der Waals surface area contributed by atoms with E-state index >= 15 is 0 Å². The monoisotopic (exact) mass is 268 g/mol. The van der Waals surface area contributed by atoms with Gasteiger partial charge in [0.15, 0.2) is 0 Å². The summed E-state index contributed by atoms with van der Waals surface area (Å²) in [6.45, 7) is 3.28. The topological polar surface area (TPSA) is 82.1 Å². The van der Waals surface area contributed by atoms with Crippen molar-refractivity contribution in [2.75, 3.05) is 34.4 Å². The van der Waals surface area contributed by atoms with Gasteiger partial charge in [-0.25, -0.2) is 9.36 Å². The molecule has 0 fully saturated rings. The molecule has 0 aliphatic carbocycles. The molecule has 0 aromatic rings. The molecule has 0 saturated carbocycles. The van der Waals surface area contributed by atoms with Gasteiger partial charge >= 0.3 is 13.8 Å². The van der Waals surface area contributed by atoms with Crippen LogP contribution in [0.25, 0.3) is 0 Å². The highest BCUT2D eigenvalue weighted by Gasteiger charge is 2.30. The molecule has 0 aromatic heterocycles. The fourth-order valence-corrected chi connectivity index (χ4v) is 1.83. The third-order valence-corrected chi connectivity index (χ3v) is 2.51. The van der Waals surface area contributed by atoms with Crippen LogP contribution < -0.4 is 0 Å². The molecule has 0 aliphatic rings. The number of ether oxygens (including phenoxy) is 1. The summed E-state index contributed by atoms with van der Waals surface area (Å²) in [7, 11) is 0.671. The highest BCUT2D eigenvalue weighted by Crippen LogP contribution is 2.45. The molecule has 0 rings (SSSR count). The second-order valence-corrected chi connectivity index (χ2v) is 5.36. The Bertz CT molecular complexity index is 311. The number of nitrogens with zero attached hydrogens (tertiary/aromatic N) is 1. The summed E-state index contributed by atoms with van der Waals surface area (Å²) < 4.78 is 25.3. The predicted molar refractivity (Wildman–Crippen MR) is 60.7 cm³/mol. The van der Waals surface area contributed by atoms with E-state index in [4.69, 9.17) is 4.62 Å². The SMILES string of the molecule is C=CC(=O)OCCCOP(=O)(O)O[N+](C)(C)C. The summed E-state index contributed by atoms with van der Waals surface area (Å²) in [5.74, 6) is -0.542. The van der Waals surface area contributed by atoms with Gasteiger partial charge < -0.3 is 4.74 Å². The molecule has 0 aliphatic heterocycles. The van der Waals surface area contributed by atoms with Gasteiger partial charge in [-0.3, -0.25) is 9.42 Å². The number of carbonyl (C=O) groups excluding carboxylic acids is 1. The lowest BCUT2D eigenvalue weighted by molar-refractivity contribution is -1.04. The quantitative estimate of drug-likeness (QED) is 0.175. The minimum Gasteiger partial charge on any atom is -0.462 e. The predicted octanol–water partition coefficient (Wildman–Crippen LogP) is 0.860. The van der Waals surface area contributed by atoms with E-state index in [2.05, 4.69) is 15.8 Å². The number of phosphoric acid groups is 1. The molecule has 0 amide bonds. The van der Waals surface area contributed by atoms with Crippen LogP contribution >= 0.6 is 7.82 Å². The van der Waals surface area contributed by atoms with Crippen molar-refractivity contribution >= 4 is 13.8 Å². The van der Waals surface area contributed by atoms with Crippen LogP contribution in [0.2, 0.25) is 0 Å².